The second kappa shape index (κ2) is 13.8. The topological polar surface area (TPSA) is 163 Å². The predicted molar refractivity (Wildman–Crippen MR) is 154 cm³/mol. The van der Waals surface area contributed by atoms with E-state index in [0.29, 0.717) is 25.9 Å². The second-order valence-corrected chi connectivity index (χ2v) is 12.2. The van der Waals surface area contributed by atoms with Crippen LogP contribution in [0.3, 0.4) is 0 Å². The monoisotopic (exact) mass is 586 g/mol. The highest BCUT2D eigenvalue weighted by molar-refractivity contribution is 7.89. The van der Waals surface area contributed by atoms with Crippen molar-refractivity contribution >= 4 is 44.9 Å². The number of rotatable bonds is 13. The predicted octanol–water partition coefficient (Wildman–Crippen LogP) is 1.16. The van der Waals surface area contributed by atoms with Gasteiger partial charge in [0.05, 0.1) is 17.9 Å². The molecule has 2 fully saturated rings. The van der Waals surface area contributed by atoms with Crippen LogP contribution in [0.1, 0.15) is 39.0 Å². The molecule has 4 N–H and O–H groups in total. The molecule has 0 spiro atoms. The highest BCUT2D eigenvalue weighted by atomic mass is 32.2. The largest absolute Gasteiger partial charge is 0.465 e. The van der Waals surface area contributed by atoms with Crippen molar-refractivity contribution in [3.8, 4) is 0 Å². The summed E-state index contributed by atoms with van der Waals surface area (Å²) in [6, 6.07) is 10.4. The Morgan fingerprint density at radius 1 is 1.17 bits per heavy atom. The molecule has 1 saturated heterocycles. The Hall–Kier alpha value is -3.71. The number of piperidine rings is 1. The number of nitrogens with two attached hydrogens (primary N) is 1. The number of hydrogen-bond acceptors (Lipinski definition) is 8. The van der Waals surface area contributed by atoms with Gasteiger partial charge < -0.3 is 25.7 Å². The van der Waals surface area contributed by atoms with Gasteiger partial charge in [-0.2, -0.15) is 9.82 Å². The highest BCUT2D eigenvalue weighted by Crippen LogP contribution is 2.28. The Morgan fingerprint density at radius 2 is 1.93 bits per heavy atom. The zero-order valence-corrected chi connectivity index (χ0v) is 24.0. The zero-order chi connectivity index (χ0) is 29.4. The van der Waals surface area contributed by atoms with E-state index in [9.17, 15) is 22.8 Å². The minimum Gasteiger partial charge on any atom is -0.465 e. The molecule has 2 aromatic carbocycles. The number of nitrogens with zero attached hydrogens (tertiary/aromatic N) is 3. The third-order valence-corrected chi connectivity index (χ3v) is 8.73. The Kier molecular flexibility index (Phi) is 10.2. The minimum absolute atomic E-state index is 0.0263. The molecular weight excluding hydrogens is 548 g/mol. The van der Waals surface area contributed by atoms with Gasteiger partial charge in [-0.1, -0.05) is 30.3 Å². The fraction of sp³-hybridized carbons (Fsp3) is 0.500. The molecule has 2 amide bonds. The Balaban J connectivity index is 1.51. The first-order valence-corrected chi connectivity index (χ1v) is 15.4. The maximum atomic E-state index is 13.7. The normalized spacial score (nSPS) is 18.3. The van der Waals surface area contributed by atoms with Crippen molar-refractivity contribution in [3.63, 3.8) is 0 Å². The first kappa shape index (κ1) is 30.3. The molecule has 1 aliphatic heterocycles. The number of likely N-dealkylation sites (tertiary alicyclic amines) is 1. The standard InChI is InChI=1S/C28H38N6O6S/c1-2-40-27(36)18-34(23-10-11-23)28(37)25(15-26(35)30-16-20-6-5-13-33(17-20)19-31-29)32-41(38,39)24-12-9-21-7-3-4-8-22(21)14-24/h3-4,7-9,12,14,19-20,23,25,32H,2,5-6,10-11,13,15-18,29H2,1H3,(H,30,35)/t20-,25+/m0/s1. The molecular formula is C28H38N6O6S. The number of benzene rings is 2. The van der Waals surface area contributed by atoms with Crippen LogP contribution in [0.25, 0.3) is 10.8 Å². The number of fused-ring (bicyclic) bond motifs is 1. The summed E-state index contributed by atoms with van der Waals surface area (Å²) in [4.78, 5) is 42.3. The Bertz CT molecular complexity index is 1380. The van der Waals surface area contributed by atoms with Gasteiger partial charge in [-0.3, -0.25) is 14.4 Å². The average molecular weight is 587 g/mol. The molecule has 0 radical (unpaired) electrons. The van der Waals surface area contributed by atoms with E-state index < -0.39 is 40.3 Å². The van der Waals surface area contributed by atoms with Crippen molar-refractivity contribution in [1.82, 2.24) is 19.8 Å². The van der Waals surface area contributed by atoms with Crippen LogP contribution < -0.4 is 15.9 Å². The summed E-state index contributed by atoms with van der Waals surface area (Å²) in [7, 11) is -4.19. The average Bonchev–Trinajstić information content (AvgIpc) is 3.80. The van der Waals surface area contributed by atoms with E-state index in [-0.39, 0.29) is 30.0 Å². The summed E-state index contributed by atoms with van der Waals surface area (Å²) < 4.78 is 34.4. The van der Waals surface area contributed by atoms with Crippen LogP contribution in [-0.2, 0) is 29.1 Å². The van der Waals surface area contributed by atoms with Crippen LogP contribution in [0, 0.1) is 5.92 Å². The van der Waals surface area contributed by atoms with Crippen molar-refractivity contribution < 1.29 is 27.5 Å². The summed E-state index contributed by atoms with van der Waals surface area (Å²) >= 11 is 0. The van der Waals surface area contributed by atoms with Gasteiger partial charge in [0.15, 0.2) is 0 Å². The van der Waals surface area contributed by atoms with Gasteiger partial charge >= 0.3 is 5.97 Å². The summed E-state index contributed by atoms with van der Waals surface area (Å²) in [6.45, 7) is 3.37. The summed E-state index contributed by atoms with van der Waals surface area (Å²) in [5, 5.41) is 8.01. The van der Waals surface area contributed by atoms with Crippen molar-refractivity contribution in [2.24, 2.45) is 16.9 Å². The molecule has 2 aromatic rings. The fourth-order valence-corrected chi connectivity index (χ4v) is 6.29. The maximum absolute atomic E-state index is 13.7. The molecule has 1 aliphatic carbocycles. The number of hydrogen-bond donors (Lipinski definition) is 3. The van der Waals surface area contributed by atoms with E-state index in [1.807, 2.05) is 17.0 Å². The number of carbonyl (C=O) groups excluding carboxylic acids is 3. The zero-order valence-electron chi connectivity index (χ0n) is 23.2. The lowest BCUT2D eigenvalue weighted by Gasteiger charge is -2.31. The molecule has 12 nitrogen and oxygen atoms in total. The minimum atomic E-state index is -4.19. The number of amides is 2. The molecule has 2 atom stereocenters. The molecule has 4 rings (SSSR count). The molecule has 13 heteroatoms. The lowest BCUT2D eigenvalue weighted by Crippen LogP contribution is -2.52. The number of ether oxygens (including phenoxy) is 1. The van der Waals surface area contributed by atoms with Gasteiger partial charge in [0.25, 0.3) is 0 Å². The van der Waals surface area contributed by atoms with Crippen LogP contribution >= 0.6 is 0 Å². The van der Waals surface area contributed by atoms with Crippen LogP contribution in [0.4, 0.5) is 0 Å². The van der Waals surface area contributed by atoms with Crippen LogP contribution in [-0.4, -0.2) is 87.2 Å². The van der Waals surface area contributed by atoms with Crippen molar-refractivity contribution in [3.05, 3.63) is 42.5 Å². The van der Waals surface area contributed by atoms with E-state index in [1.54, 1.807) is 31.5 Å². The number of hydrazone groups is 1. The van der Waals surface area contributed by atoms with Crippen LogP contribution in [0.5, 0.6) is 0 Å². The Morgan fingerprint density at radius 3 is 2.63 bits per heavy atom. The van der Waals surface area contributed by atoms with E-state index >= 15 is 0 Å². The molecule has 0 unspecified atom stereocenters. The van der Waals surface area contributed by atoms with Gasteiger partial charge in [-0.05, 0) is 61.4 Å². The van der Waals surface area contributed by atoms with E-state index in [4.69, 9.17) is 10.6 Å². The third kappa shape index (κ3) is 8.40. The van der Waals surface area contributed by atoms with E-state index in [0.717, 1.165) is 30.2 Å². The molecule has 41 heavy (non-hydrogen) atoms. The highest BCUT2D eigenvalue weighted by Gasteiger charge is 2.39. The molecule has 222 valence electrons. The van der Waals surface area contributed by atoms with Gasteiger partial charge in [0.2, 0.25) is 21.8 Å². The van der Waals surface area contributed by atoms with Gasteiger partial charge in [0, 0.05) is 25.7 Å². The quantitative estimate of drug-likeness (QED) is 0.104. The molecule has 2 aliphatic rings. The van der Waals surface area contributed by atoms with Gasteiger partial charge in [-0.25, -0.2) is 8.42 Å². The molecule has 1 saturated carbocycles. The van der Waals surface area contributed by atoms with Crippen molar-refractivity contribution in [2.75, 3.05) is 32.8 Å². The number of esters is 1. The Labute approximate surface area is 240 Å². The summed E-state index contributed by atoms with van der Waals surface area (Å²) in [5.74, 6) is 3.72. The van der Waals surface area contributed by atoms with Crippen molar-refractivity contribution in [1.29, 1.82) is 0 Å². The second-order valence-electron chi connectivity index (χ2n) is 10.5. The summed E-state index contributed by atoms with van der Waals surface area (Å²) in [6.07, 6.45) is 4.35. The number of nitrogens with one attached hydrogen (secondary N) is 2. The maximum Gasteiger partial charge on any atom is 0.325 e. The molecule has 0 bridgehead atoms. The lowest BCUT2D eigenvalue weighted by molar-refractivity contribution is -0.150. The molecule has 1 heterocycles. The lowest BCUT2D eigenvalue weighted by atomic mass is 9.98. The van der Waals surface area contributed by atoms with E-state index in [1.165, 1.54) is 17.0 Å². The van der Waals surface area contributed by atoms with Crippen LogP contribution in [0.15, 0.2) is 52.5 Å². The first-order chi connectivity index (χ1) is 19.7. The first-order valence-electron chi connectivity index (χ1n) is 13.9. The van der Waals surface area contributed by atoms with Crippen LogP contribution in [0.2, 0.25) is 0 Å². The van der Waals surface area contributed by atoms with E-state index in [2.05, 4.69) is 15.1 Å². The van der Waals surface area contributed by atoms with Crippen molar-refractivity contribution in [2.45, 2.75) is 56.0 Å². The molecule has 0 aromatic heterocycles. The SMILES string of the molecule is CCOC(=O)CN(C(=O)[C@@H](CC(=O)NC[C@@H]1CCCN(C=NN)C1)NS(=O)(=O)c1ccc2ccccc2c1)C1CC1. The smallest absolute Gasteiger partial charge is 0.325 e. The number of carbonyl (C=O) groups is 3. The number of sulfonamides is 1. The fourth-order valence-electron chi connectivity index (χ4n) is 5.07. The van der Waals surface area contributed by atoms with Gasteiger partial charge in [-0.15, -0.1) is 0 Å². The third-order valence-electron chi connectivity index (χ3n) is 7.26. The summed E-state index contributed by atoms with van der Waals surface area (Å²) in [5.41, 5.74) is 0. The van der Waals surface area contributed by atoms with Gasteiger partial charge in [0.1, 0.15) is 18.9 Å².